The molecule has 0 atom stereocenters. The maximum Gasteiger partial charge on any atom is 0.341 e. The van der Waals surface area contributed by atoms with Gasteiger partial charge < -0.3 is 4.74 Å². The van der Waals surface area contributed by atoms with Crippen LogP contribution >= 0.6 is 0 Å². The summed E-state index contributed by atoms with van der Waals surface area (Å²) in [6.45, 7) is 3.44. The molecule has 0 aliphatic rings. The van der Waals surface area contributed by atoms with Crippen LogP contribution in [-0.2, 0) is 4.74 Å². The monoisotopic (exact) mass is 286 g/mol. The van der Waals surface area contributed by atoms with Crippen LogP contribution in [0.1, 0.15) is 31.8 Å². The van der Waals surface area contributed by atoms with Gasteiger partial charge in [-0.3, -0.25) is 4.79 Å². The number of hydrogen-bond acceptors (Lipinski definition) is 3. The number of rotatable bonds is 4. The van der Waals surface area contributed by atoms with E-state index in [0.717, 1.165) is 11.1 Å². The molecule has 108 valence electrons. The molecule has 3 nitrogen and oxygen atoms in total. The number of aryl methyl sites for hydroxylation is 2. The molecule has 2 aromatic rings. The number of esters is 1. The van der Waals surface area contributed by atoms with E-state index in [2.05, 4.69) is 0 Å². The Bertz CT molecular complexity index is 692. The maximum absolute atomic E-state index is 13.4. The van der Waals surface area contributed by atoms with Gasteiger partial charge in [-0.25, -0.2) is 9.18 Å². The average molecular weight is 286 g/mol. The van der Waals surface area contributed by atoms with Crippen molar-refractivity contribution in [1.82, 2.24) is 0 Å². The van der Waals surface area contributed by atoms with Gasteiger partial charge in [-0.1, -0.05) is 24.3 Å². The van der Waals surface area contributed by atoms with Gasteiger partial charge in [-0.15, -0.1) is 0 Å². The lowest BCUT2D eigenvalue weighted by Gasteiger charge is -2.06. The first-order valence-electron chi connectivity index (χ1n) is 6.51. The lowest BCUT2D eigenvalue weighted by atomic mass is 10.0. The van der Waals surface area contributed by atoms with Crippen molar-refractivity contribution in [1.29, 1.82) is 0 Å². The smallest absolute Gasteiger partial charge is 0.341 e. The average Bonchev–Trinajstić information content (AvgIpc) is 2.47. The van der Waals surface area contributed by atoms with Crippen molar-refractivity contribution in [2.24, 2.45) is 0 Å². The zero-order valence-electron chi connectivity index (χ0n) is 11.9. The Labute approximate surface area is 122 Å². The Kier molecular flexibility index (Phi) is 4.48. The van der Waals surface area contributed by atoms with Crippen LogP contribution in [0.15, 0.2) is 42.5 Å². The van der Waals surface area contributed by atoms with Gasteiger partial charge in [-0.2, -0.15) is 0 Å². The second-order valence-corrected chi connectivity index (χ2v) is 4.78. The third kappa shape index (κ3) is 3.54. The van der Waals surface area contributed by atoms with E-state index in [0.29, 0.717) is 5.56 Å². The van der Waals surface area contributed by atoms with E-state index in [1.165, 1.54) is 24.3 Å². The van der Waals surface area contributed by atoms with Crippen molar-refractivity contribution in [3.63, 3.8) is 0 Å². The topological polar surface area (TPSA) is 43.4 Å². The molecule has 21 heavy (non-hydrogen) atoms. The molecule has 0 spiro atoms. The van der Waals surface area contributed by atoms with Crippen molar-refractivity contribution in [3.8, 4) is 0 Å². The van der Waals surface area contributed by atoms with Gasteiger partial charge in [0, 0.05) is 5.56 Å². The molecule has 0 aliphatic heterocycles. The number of benzene rings is 2. The van der Waals surface area contributed by atoms with Crippen LogP contribution < -0.4 is 0 Å². The van der Waals surface area contributed by atoms with Crippen molar-refractivity contribution in [2.45, 2.75) is 13.8 Å². The van der Waals surface area contributed by atoms with Gasteiger partial charge in [-0.05, 0) is 43.2 Å². The molecule has 0 heterocycles. The van der Waals surface area contributed by atoms with E-state index in [1.54, 1.807) is 12.1 Å². The van der Waals surface area contributed by atoms with Crippen LogP contribution in [0.2, 0.25) is 0 Å². The van der Waals surface area contributed by atoms with Gasteiger partial charge in [0.15, 0.2) is 12.4 Å². The highest BCUT2D eigenvalue weighted by molar-refractivity contribution is 5.99. The SMILES string of the molecule is Cc1ccc(C(=O)COC(=O)c2ccccc2F)cc1C. The van der Waals surface area contributed by atoms with Crippen LogP contribution in [-0.4, -0.2) is 18.4 Å². The summed E-state index contributed by atoms with van der Waals surface area (Å²) in [5, 5.41) is 0. The van der Waals surface area contributed by atoms with Crippen molar-refractivity contribution < 1.29 is 18.7 Å². The fourth-order valence-corrected chi connectivity index (χ4v) is 1.83. The summed E-state index contributed by atoms with van der Waals surface area (Å²) in [6.07, 6.45) is 0. The number of carbonyl (C=O) groups excluding carboxylic acids is 2. The molecule has 0 saturated carbocycles. The van der Waals surface area contributed by atoms with Gasteiger partial charge in [0.25, 0.3) is 0 Å². The van der Waals surface area contributed by atoms with E-state index in [1.807, 2.05) is 19.9 Å². The normalized spacial score (nSPS) is 10.2. The number of Topliss-reactive ketones (excluding diaryl/α,β-unsaturated/α-hetero) is 1. The number of ether oxygens (including phenoxy) is 1. The largest absolute Gasteiger partial charge is 0.454 e. The summed E-state index contributed by atoms with van der Waals surface area (Å²) in [7, 11) is 0. The third-order valence-electron chi connectivity index (χ3n) is 3.26. The Morgan fingerprint density at radius 3 is 2.43 bits per heavy atom. The summed E-state index contributed by atoms with van der Waals surface area (Å²) >= 11 is 0. The Morgan fingerprint density at radius 2 is 1.76 bits per heavy atom. The van der Waals surface area contributed by atoms with E-state index in [4.69, 9.17) is 4.74 Å². The lowest BCUT2D eigenvalue weighted by molar-refractivity contribution is 0.0470. The fraction of sp³-hybridized carbons (Fsp3) is 0.176. The molecular weight excluding hydrogens is 271 g/mol. The predicted octanol–water partition coefficient (Wildman–Crippen LogP) is 3.48. The summed E-state index contributed by atoms with van der Waals surface area (Å²) in [5.74, 6) is -1.82. The molecule has 0 N–H and O–H groups in total. The first kappa shape index (κ1) is 14.9. The number of halogens is 1. The standard InChI is InChI=1S/C17H15FO3/c1-11-7-8-13(9-12(11)2)16(19)10-21-17(20)14-5-3-4-6-15(14)18/h3-9H,10H2,1-2H3. The summed E-state index contributed by atoms with van der Waals surface area (Å²) in [5.41, 5.74) is 2.36. The third-order valence-corrected chi connectivity index (χ3v) is 3.26. The summed E-state index contributed by atoms with van der Waals surface area (Å²) in [4.78, 5) is 23.7. The van der Waals surface area contributed by atoms with Crippen molar-refractivity contribution in [2.75, 3.05) is 6.61 Å². The zero-order valence-corrected chi connectivity index (χ0v) is 11.9. The molecule has 0 aliphatic carbocycles. The summed E-state index contributed by atoms with van der Waals surface area (Å²) < 4.78 is 18.3. The first-order valence-corrected chi connectivity index (χ1v) is 6.51. The second-order valence-electron chi connectivity index (χ2n) is 4.78. The second kappa shape index (κ2) is 6.31. The van der Waals surface area contributed by atoms with Crippen molar-refractivity contribution in [3.05, 3.63) is 70.5 Å². The van der Waals surface area contributed by atoms with Crippen LogP contribution in [0.4, 0.5) is 4.39 Å². The minimum atomic E-state index is -0.842. The molecule has 2 aromatic carbocycles. The predicted molar refractivity (Wildman–Crippen MR) is 76.9 cm³/mol. The molecule has 4 heteroatoms. The molecule has 2 rings (SSSR count). The first-order chi connectivity index (χ1) is 9.99. The minimum absolute atomic E-state index is 0.176. The number of ketones is 1. The zero-order chi connectivity index (χ0) is 15.4. The van der Waals surface area contributed by atoms with Crippen molar-refractivity contribution >= 4 is 11.8 Å². The molecule has 0 radical (unpaired) electrons. The van der Waals surface area contributed by atoms with E-state index >= 15 is 0 Å². The quantitative estimate of drug-likeness (QED) is 0.638. The molecule has 0 fully saturated rings. The lowest BCUT2D eigenvalue weighted by Crippen LogP contribution is -2.15. The molecular formula is C17H15FO3. The summed E-state index contributed by atoms with van der Waals surface area (Å²) in [6, 6.07) is 10.8. The van der Waals surface area contributed by atoms with E-state index in [-0.39, 0.29) is 11.3 Å². The molecule has 0 unspecified atom stereocenters. The minimum Gasteiger partial charge on any atom is -0.454 e. The molecule has 0 amide bonds. The fourth-order valence-electron chi connectivity index (χ4n) is 1.83. The number of carbonyl (C=O) groups is 2. The number of hydrogen-bond donors (Lipinski definition) is 0. The highest BCUT2D eigenvalue weighted by atomic mass is 19.1. The molecule has 0 bridgehead atoms. The Hall–Kier alpha value is -2.49. The molecule has 0 aromatic heterocycles. The van der Waals surface area contributed by atoms with Crippen LogP contribution in [0.5, 0.6) is 0 Å². The van der Waals surface area contributed by atoms with Gasteiger partial charge >= 0.3 is 5.97 Å². The highest BCUT2D eigenvalue weighted by Crippen LogP contribution is 2.12. The maximum atomic E-state index is 13.4. The Morgan fingerprint density at radius 1 is 1.05 bits per heavy atom. The van der Waals surface area contributed by atoms with Gasteiger partial charge in [0.2, 0.25) is 0 Å². The van der Waals surface area contributed by atoms with Gasteiger partial charge in [0.05, 0.1) is 5.56 Å². The molecule has 0 saturated heterocycles. The van der Waals surface area contributed by atoms with E-state index < -0.39 is 18.4 Å². The van der Waals surface area contributed by atoms with Crippen LogP contribution in [0.3, 0.4) is 0 Å². The van der Waals surface area contributed by atoms with Crippen LogP contribution in [0, 0.1) is 19.7 Å². The highest BCUT2D eigenvalue weighted by Gasteiger charge is 2.15. The van der Waals surface area contributed by atoms with Crippen LogP contribution in [0.25, 0.3) is 0 Å². The van der Waals surface area contributed by atoms with E-state index in [9.17, 15) is 14.0 Å². The van der Waals surface area contributed by atoms with Gasteiger partial charge in [0.1, 0.15) is 5.82 Å². The Balaban J connectivity index is 2.02.